The number of alkyl halides is 3. The molecule has 1 amide bonds. The van der Waals surface area contributed by atoms with E-state index >= 15 is 0 Å². The van der Waals surface area contributed by atoms with Gasteiger partial charge in [-0.15, -0.1) is 0 Å². The summed E-state index contributed by atoms with van der Waals surface area (Å²) in [5, 5.41) is 18.8. The lowest BCUT2D eigenvalue weighted by Gasteiger charge is -2.20. The van der Waals surface area contributed by atoms with Gasteiger partial charge >= 0.3 is 6.18 Å². The zero-order valence-electron chi connectivity index (χ0n) is 15.6. The number of nitrogens with one attached hydrogen (secondary N) is 2. The van der Waals surface area contributed by atoms with Crippen molar-refractivity contribution in [1.82, 2.24) is 9.62 Å². The summed E-state index contributed by atoms with van der Waals surface area (Å²) in [5.41, 5.74) is -1.26. The average molecular weight is 445 g/mol. The number of amides is 1. The Hall–Kier alpha value is -3.16. The molecule has 0 saturated heterocycles. The molecular formula is C17H15F4N5O3S. The quantitative estimate of drug-likeness (QED) is 0.663. The summed E-state index contributed by atoms with van der Waals surface area (Å²) in [7, 11) is -3.36. The number of nitrogens with zero attached hydrogens (tertiary/aromatic N) is 3. The third kappa shape index (κ3) is 4.69. The van der Waals surface area contributed by atoms with Gasteiger partial charge in [0.2, 0.25) is 10.0 Å². The molecule has 0 aliphatic carbocycles. The molecule has 2 N–H and O–H groups in total. The number of halogens is 4. The number of hydrogen-bond donors (Lipinski definition) is 2. The molecule has 0 aromatic heterocycles. The molecule has 1 aromatic rings. The van der Waals surface area contributed by atoms with Crippen LogP contribution in [0.25, 0.3) is 0 Å². The monoisotopic (exact) mass is 445 g/mol. The molecule has 1 aromatic carbocycles. The highest BCUT2D eigenvalue weighted by molar-refractivity contribution is 7.90. The Morgan fingerprint density at radius 1 is 1.30 bits per heavy atom. The Bertz CT molecular complexity index is 1090. The third-order valence-corrected chi connectivity index (χ3v) is 6.10. The molecule has 1 aliphatic heterocycles. The minimum atomic E-state index is -4.84. The Morgan fingerprint density at radius 2 is 1.93 bits per heavy atom. The van der Waals surface area contributed by atoms with Crippen molar-refractivity contribution in [2.75, 3.05) is 18.9 Å². The molecule has 0 bridgehead atoms. The Kier molecular flexibility index (Phi) is 6.39. The first-order valence-corrected chi connectivity index (χ1v) is 9.80. The first-order chi connectivity index (χ1) is 13.8. The van der Waals surface area contributed by atoms with Gasteiger partial charge in [0.05, 0.1) is 17.2 Å². The maximum absolute atomic E-state index is 13.4. The van der Waals surface area contributed by atoms with Crippen molar-refractivity contribution < 1.29 is 30.8 Å². The molecular weight excluding hydrogens is 430 g/mol. The van der Waals surface area contributed by atoms with Gasteiger partial charge in [-0.2, -0.15) is 23.7 Å². The second-order valence-corrected chi connectivity index (χ2v) is 8.32. The number of likely N-dealkylation sites (N-methyl/N-ethyl adjacent to an activating group) is 1. The van der Waals surface area contributed by atoms with Crippen molar-refractivity contribution in [2.24, 2.45) is 0 Å². The third-order valence-electron chi connectivity index (χ3n) is 4.29. The minimum Gasteiger partial charge on any atom is -0.368 e. The zero-order chi connectivity index (χ0) is 22.9. The molecule has 2 rings (SSSR count). The second kappa shape index (κ2) is 8.30. The predicted octanol–water partition coefficient (Wildman–Crippen LogP) is 1.60. The molecule has 160 valence electrons. The summed E-state index contributed by atoms with van der Waals surface area (Å²) in [4.78, 5) is 13.7. The van der Waals surface area contributed by atoms with Gasteiger partial charge in [-0.1, -0.05) is 0 Å². The van der Waals surface area contributed by atoms with Crippen LogP contribution in [-0.4, -0.2) is 50.3 Å². The van der Waals surface area contributed by atoms with Crippen LogP contribution < -0.4 is 10.0 Å². The summed E-state index contributed by atoms with van der Waals surface area (Å²) >= 11 is 0. The van der Waals surface area contributed by atoms with Gasteiger partial charge < -0.3 is 10.2 Å². The highest BCUT2D eigenvalue weighted by Gasteiger charge is 2.45. The van der Waals surface area contributed by atoms with E-state index in [1.165, 1.54) is 11.8 Å². The van der Waals surface area contributed by atoms with E-state index in [4.69, 9.17) is 5.26 Å². The van der Waals surface area contributed by atoms with E-state index in [0.717, 1.165) is 23.1 Å². The van der Waals surface area contributed by atoms with Crippen LogP contribution in [0.5, 0.6) is 0 Å². The Balaban J connectivity index is 2.36. The fourth-order valence-electron chi connectivity index (χ4n) is 2.74. The fraction of sp³-hybridized carbons (Fsp3) is 0.353. The van der Waals surface area contributed by atoms with Crippen molar-refractivity contribution in [2.45, 2.75) is 24.4 Å². The van der Waals surface area contributed by atoms with Crippen LogP contribution >= 0.6 is 0 Å². The minimum absolute atomic E-state index is 0.00580. The molecule has 0 radical (unpaired) electrons. The summed E-state index contributed by atoms with van der Waals surface area (Å²) in [6.45, 7) is 0.180. The van der Waals surface area contributed by atoms with E-state index in [9.17, 15) is 36.0 Å². The fourth-order valence-corrected chi connectivity index (χ4v) is 4.42. The van der Waals surface area contributed by atoms with Crippen molar-refractivity contribution in [3.63, 3.8) is 0 Å². The lowest BCUT2D eigenvalue weighted by Crippen LogP contribution is -2.47. The van der Waals surface area contributed by atoms with E-state index in [1.807, 2.05) is 0 Å². The first kappa shape index (κ1) is 23.1. The Labute approximate surface area is 169 Å². The van der Waals surface area contributed by atoms with E-state index in [0.29, 0.717) is 6.92 Å². The highest BCUT2D eigenvalue weighted by atomic mass is 32.2. The van der Waals surface area contributed by atoms with Gasteiger partial charge in [0.1, 0.15) is 28.9 Å². The number of carbonyl (C=O) groups excluding carboxylic acids is 1. The molecule has 13 heteroatoms. The zero-order valence-corrected chi connectivity index (χ0v) is 16.4. The van der Waals surface area contributed by atoms with Gasteiger partial charge in [0.25, 0.3) is 5.91 Å². The molecule has 0 fully saturated rings. The number of benzene rings is 1. The van der Waals surface area contributed by atoms with E-state index < -0.39 is 51.3 Å². The van der Waals surface area contributed by atoms with Gasteiger partial charge in [-0.3, -0.25) is 4.79 Å². The number of rotatable bonds is 5. The summed E-state index contributed by atoms with van der Waals surface area (Å²) < 4.78 is 77.9. The number of carbonyl (C=O) groups is 1. The number of anilines is 1. The normalized spacial score (nSPS) is 18.0. The van der Waals surface area contributed by atoms with Crippen molar-refractivity contribution >= 4 is 21.6 Å². The highest BCUT2D eigenvalue weighted by Crippen LogP contribution is 2.29. The van der Waals surface area contributed by atoms with Crippen LogP contribution in [0.3, 0.4) is 0 Å². The Morgan fingerprint density at radius 3 is 2.47 bits per heavy atom. The molecule has 30 heavy (non-hydrogen) atoms. The molecule has 1 aliphatic rings. The van der Waals surface area contributed by atoms with Crippen LogP contribution in [0, 0.1) is 28.5 Å². The van der Waals surface area contributed by atoms with Crippen molar-refractivity contribution in [1.29, 1.82) is 10.5 Å². The van der Waals surface area contributed by atoms with Crippen LogP contribution in [0.2, 0.25) is 0 Å². The first-order valence-electron chi connectivity index (χ1n) is 8.26. The predicted molar refractivity (Wildman–Crippen MR) is 96.4 cm³/mol. The summed E-state index contributed by atoms with van der Waals surface area (Å²) in [6, 6.07) is 3.88. The van der Waals surface area contributed by atoms with Crippen LogP contribution in [0.4, 0.5) is 23.2 Å². The summed E-state index contributed by atoms with van der Waals surface area (Å²) in [6.07, 6.45) is -4.84. The maximum Gasteiger partial charge on any atom is 0.404 e. The van der Waals surface area contributed by atoms with E-state index in [-0.39, 0.29) is 16.9 Å². The molecule has 2 atom stereocenters. The standard InChI is InChI=1S/C17H15F4N5O3S/c1-9(17(19,20)21)25-30(28,29)14-8-26(2)15(12(14)7-23)16(27)24-11-3-4-13(18)10(5-11)6-22/h3-5,9,14,25H,8H2,1-2H3,(H,24,27)/t9-,14?/m1/s1. The lowest BCUT2D eigenvalue weighted by atomic mass is 10.2. The second-order valence-electron chi connectivity index (χ2n) is 6.43. The van der Waals surface area contributed by atoms with Crippen LogP contribution in [0.15, 0.2) is 29.5 Å². The summed E-state index contributed by atoms with van der Waals surface area (Å²) in [5.74, 6) is -1.76. The molecule has 0 spiro atoms. The topological polar surface area (TPSA) is 126 Å². The maximum atomic E-state index is 13.4. The van der Waals surface area contributed by atoms with Gasteiger partial charge in [-0.25, -0.2) is 17.5 Å². The molecule has 0 saturated carbocycles. The molecule has 1 heterocycles. The number of nitriles is 2. The molecule has 1 unspecified atom stereocenters. The van der Waals surface area contributed by atoms with Crippen LogP contribution in [-0.2, 0) is 14.8 Å². The number of sulfonamides is 1. The van der Waals surface area contributed by atoms with Crippen LogP contribution in [0.1, 0.15) is 12.5 Å². The number of hydrogen-bond acceptors (Lipinski definition) is 6. The van der Waals surface area contributed by atoms with E-state index in [1.54, 1.807) is 12.1 Å². The van der Waals surface area contributed by atoms with Crippen molar-refractivity contribution in [3.05, 3.63) is 40.8 Å². The van der Waals surface area contributed by atoms with E-state index in [2.05, 4.69) is 5.32 Å². The van der Waals surface area contributed by atoms with Gasteiger partial charge in [0, 0.05) is 19.3 Å². The lowest BCUT2D eigenvalue weighted by molar-refractivity contribution is -0.147. The van der Waals surface area contributed by atoms with Gasteiger partial charge in [-0.05, 0) is 25.1 Å². The smallest absolute Gasteiger partial charge is 0.368 e. The SMILES string of the molecule is C[C@@H](NS(=O)(=O)C1CN(C)C(C(=O)Nc2ccc(F)c(C#N)c2)=C1C#N)C(F)(F)F. The van der Waals surface area contributed by atoms with Crippen molar-refractivity contribution in [3.8, 4) is 12.1 Å². The molecule has 8 nitrogen and oxygen atoms in total. The largest absolute Gasteiger partial charge is 0.404 e. The average Bonchev–Trinajstić information content (AvgIpc) is 2.99. The van der Waals surface area contributed by atoms with Gasteiger partial charge in [0.15, 0.2) is 0 Å².